The van der Waals surface area contributed by atoms with Crippen molar-refractivity contribution in [1.29, 1.82) is 0 Å². The molecule has 286 valence electrons. The van der Waals surface area contributed by atoms with Gasteiger partial charge in [-0.05, 0) is 134 Å². The molecule has 0 spiro atoms. The molecular formula is C59H40N2. The second kappa shape index (κ2) is 13.7. The molecule has 1 aliphatic rings. The minimum atomic E-state index is -0.199. The zero-order valence-corrected chi connectivity index (χ0v) is 34.0. The average Bonchev–Trinajstić information content (AvgIpc) is 3.54. The van der Waals surface area contributed by atoms with Gasteiger partial charge < -0.3 is 0 Å². The lowest BCUT2D eigenvalue weighted by Gasteiger charge is -2.23. The normalized spacial score (nSPS) is 12.9. The van der Waals surface area contributed by atoms with Crippen LogP contribution in [-0.4, -0.2) is 9.97 Å². The Labute approximate surface area is 355 Å². The van der Waals surface area contributed by atoms with Gasteiger partial charge in [-0.25, -0.2) is 0 Å². The summed E-state index contributed by atoms with van der Waals surface area (Å²) in [6.45, 7) is 4.77. The Morgan fingerprint density at radius 1 is 0.295 bits per heavy atom. The van der Waals surface area contributed by atoms with Crippen molar-refractivity contribution in [2.45, 2.75) is 19.3 Å². The van der Waals surface area contributed by atoms with Gasteiger partial charge in [0.15, 0.2) is 0 Å². The molecular weight excluding hydrogens is 737 g/mol. The van der Waals surface area contributed by atoms with E-state index in [9.17, 15) is 0 Å². The molecule has 11 aromatic rings. The summed E-state index contributed by atoms with van der Waals surface area (Å²) in [6, 6.07) is 66.8. The number of rotatable bonds is 5. The van der Waals surface area contributed by atoms with E-state index in [1.165, 1.54) is 116 Å². The maximum absolute atomic E-state index is 4.67. The Hall–Kier alpha value is -7.68. The molecule has 0 bridgehead atoms. The predicted octanol–water partition coefficient (Wildman–Crippen LogP) is 15.7. The molecule has 0 aliphatic heterocycles. The molecule has 0 unspecified atom stereocenters. The fraction of sp³-hybridized carbons (Fsp3) is 0.0508. The lowest BCUT2D eigenvalue weighted by atomic mass is 9.80. The zero-order chi connectivity index (χ0) is 40.7. The van der Waals surface area contributed by atoms with Crippen molar-refractivity contribution in [2.75, 3.05) is 0 Å². The second-order valence-electron chi connectivity index (χ2n) is 16.9. The third-order valence-corrected chi connectivity index (χ3v) is 13.2. The van der Waals surface area contributed by atoms with E-state index in [-0.39, 0.29) is 5.41 Å². The average molecular weight is 777 g/mol. The molecule has 0 N–H and O–H groups in total. The zero-order valence-electron chi connectivity index (χ0n) is 34.0. The van der Waals surface area contributed by atoms with Gasteiger partial charge in [-0.3, -0.25) is 9.97 Å². The molecule has 0 radical (unpaired) electrons. The van der Waals surface area contributed by atoms with Crippen LogP contribution in [0.1, 0.15) is 25.0 Å². The van der Waals surface area contributed by atoms with E-state index in [4.69, 9.17) is 0 Å². The maximum Gasteiger partial charge on any atom is 0.0353 e. The standard InChI is InChI=1S/C59H40N2/c1-59(2)53-33-41(37-21-23-40(24-22-37)57-47-19-11-9-17-45(47)55(38-13-5-3-6-14-38)49-29-31-60-35-51(49)57)25-27-43(53)44-28-26-42(34-54(44)59)58-48-20-12-10-18-46(48)56(39-15-7-4-8-16-39)50-30-32-61-36-52(50)58/h3-36H,1-2H3. The van der Waals surface area contributed by atoms with Crippen LogP contribution in [0.5, 0.6) is 0 Å². The van der Waals surface area contributed by atoms with Crippen LogP contribution in [0.15, 0.2) is 207 Å². The van der Waals surface area contributed by atoms with Crippen LogP contribution in [0.2, 0.25) is 0 Å². The lowest BCUT2D eigenvalue weighted by molar-refractivity contribution is 0.661. The number of hydrogen-bond acceptors (Lipinski definition) is 2. The summed E-state index contributed by atoms with van der Waals surface area (Å²) in [4.78, 5) is 9.30. The first-order valence-electron chi connectivity index (χ1n) is 21.1. The van der Waals surface area contributed by atoms with Crippen LogP contribution in [0.3, 0.4) is 0 Å². The largest absolute Gasteiger partial charge is 0.264 e. The Morgan fingerprint density at radius 2 is 0.639 bits per heavy atom. The highest BCUT2D eigenvalue weighted by atomic mass is 14.6. The highest BCUT2D eigenvalue weighted by Crippen LogP contribution is 2.52. The maximum atomic E-state index is 4.67. The third kappa shape index (κ3) is 5.42. The molecule has 0 amide bonds. The summed E-state index contributed by atoms with van der Waals surface area (Å²) < 4.78 is 0. The van der Waals surface area contributed by atoms with E-state index >= 15 is 0 Å². The minimum Gasteiger partial charge on any atom is -0.264 e. The van der Waals surface area contributed by atoms with Crippen molar-refractivity contribution in [3.05, 3.63) is 218 Å². The van der Waals surface area contributed by atoms with Crippen LogP contribution in [-0.2, 0) is 5.41 Å². The van der Waals surface area contributed by atoms with E-state index in [1.807, 2.05) is 18.6 Å². The Morgan fingerprint density at radius 3 is 1.13 bits per heavy atom. The first-order valence-corrected chi connectivity index (χ1v) is 21.1. The van der Waals surface area contributed by atoms with Gasteiger partial charge in [0.05, 0.1) is 0 Å². The molecule has 2 heteroatoms. The Kier molecular flexibility index (Phi) is 7.92. The van der Waals surface area contributed by atoms with Gasteiger partial charge in [-0.1, -0.05) is 172 Å². The predicted molar refractivity (Wildman–Crippen MR) is 257 cm³/mol. The highest BCUT2D eigenvalue weighted by Gasteiger charge is 2.36. The number of pyridine rings is 2. The molecule has 0 saturated heterocycles. The molecule has 61 heavy (non-hydrogen) atoms. The van der Waals surface area contributed by atoms with E-state index in [0.717, 1.165) is 5.39 Å². The summed E-state index contributed by atoms with van der Waals surface area (Å²) >= 11 is 0. The summed E-state index contributed by atoms with van der Waals surface area (Å²) in [5.74, 6) is 0. The molecule has 0 saturated carbocycles. The molecule has 2 aromatic heterocycles. The van der Waals surface area contributed by atoms with Gasteiger partial charge in [0.25, 0.3) is 0 Å². The number of aromatic nitrogens is 2. The fourth-order valence-electron chi connectivity index (χ4n) is 10.4. The van der Waals surface area contributed by atoms with Crippen LogP contribution in [0, 0.1) is 0 Å². The van der Waals surface area contributed by atoms with Crippen molar-refractivity contribution in [2.24, 2.45) is 0 Å². The number of hydrogen-bond donors (Lipinski definition) is 0. The van der Waals surface area contributed by atoms with Gasteiger partial charge in [-0.15, -0.1) is 0 Å². The molecule has 12 rings (SSSR count). The molecule has 0 fully saturated rings. The molecule has 0 atom stereocenters. The third-order valence-electron chi connectivity index (χ3n) is 13.2. The summed E-state index contributed by atoms with van der Waals surface area (Å²) in [5.41, 5.74) is 17.4. The van der Waals surface area contributed by atoms with Crippen LogP contribution in [0.4, 0.5) is 0 Å². The van der Waals surface area contributed by atoms with E-state index in [0.29, 0.717) is 0 Å². The van der Waals surface area contributed by atoms with Gasteiger partial charge in [0.2, 0.25) is 0 Å². The molecule has 1 aliphatic carbocycles. The molecule has 2 nitrogen and oxygen atoms in total. The van der Waals surface area contributed by atoms with Gasteiger partial charge in [-0.2, -0.15) is 0 Å². The highest BCUT2D eigenvalue weighted by molar-refractivity contribution is 6.22. The first kappa shape index (κ1) is 35.3. The Balaban J connectivity index is 0.944. The number of fused-ring (bicyclic) bond motifs is 7. The minimum absolute atomic E-state index is 0.199. The van der Waals surface area contributed by atoms with Crippen molar-refractivity contribution in [3.63, 3.8) is 0 Å². The van der Waals surface area contributed by atoms with Crippen LogP contribution < -0.4 is 0 Å². The molecule has 9 aromatic carbocycles. The lowest BCUT2D eigenvalue weighted by Crippen LogP contribution is -2.15. The second-order valence-corrected chi connectivity index (χ2v) is 16.9. The Bertz CT molecular complexity index is 3420. The van der Waals surface area contributed by atoms with Crippen molar-refractivity contribution in [1.82, 2.24) is 9.97 Å². The summed E-state index contributed by atoms with van der Waals surface area (Å²) in [5, 5.41) is 9.74. The first-order chi connectivity index (χ1) is 30.0. The van der Waals surface area contributed by atoms with Crippen LogP contribution >= 0.6 is 0 Å². The monoisotopic (exact) mass is 776 g/mol. The number of nitrogens with zero attached hydrogens (tertiary/aromatic N) is 2. The smallest absolute Gasteiger partial charge is 0.0353 e. The molecule has 2 heterocycles. The van der Waals surface area contributed by atoms with Gasteiger partial charge in [0.1, 0.15) is 0 Å². The van der Waals surface area contributed by atoms with E-state index in [2.05, 4.69) is 212 Å². The quantitative estimate of drug-likeness (QED) is 0.163. The summed E-state index contributed by atoms with van der Waals surface area (Å²) in [6.07, 6.45) is 7.92. The van der Waals surface area contributed by atoms with E-state index in [1.54, 1.807) is 0 Å². The van der Waals surface area contributed by atoms with Gasteiger partial charge >= 0.3 is 0 Å². The topological polar surface area (TPSA) is 25.8 Å². The van der Waals surface area contributed by atoms with E-state index < -0.39 is 0 Å². The van der Waals surface area contributed by atoms with Crippen molar-refractivity contribution >= 4 is 43.1 Å². The van der Waals surface area contributed by atoms with Gasteiger partial charge in [0, 0.05) is 41.0 Å². The summed E-state index contributed by atoms with van der Waals surface area (Å²) in [7, 11) is 0. The number of benzene rings is 9. The van der Waals surface area contributed by atoms with Crippen molar-refractivity contribution in [3.8, 4) is 66.8 Å². The fourth-order valence-corrected chi connectivity index (χ4v) is 10.4. The SMILES string of the molecule is CC1(C)c2cc(-c3ccc(-c4c5ccccc5c(-c5ccccc5)c5ccncc45)cc3)ccc2-c2ccc(-c3c4ccccc4c(-c4ccccc4)c4ccncc34)cc21. The van der Waals surface area contributed by atoms with Crippen LogP contribution in [0.25, 0.3) is 110 Å². The van der Waals surface area contributed by atoms with Crippen molar-refractivity contribution < 1.29 is 0 Å².